The van der Waals surface area contributed by atoms with Crippen molar-refractivity contribution in [2.24, 2.45) is 16.3 Å². The quantitative estimate of drug-likeness (QED) is 0.402. The number of amides is 2. The van der Waals surface area contributed by atoms with Gasteiger partial charge in [0.2, 0.25) is 11.8 Å². The number of aliphatic imine (C=N–C) groups is 1. The van der Waals surface area contributed by atoms with E-state index in [9.17, 15) is 9.59 Å². The highest BCUT2D eigenvalue weighted by atomic mass is 16.2. The van der Waals surface area contributed by atoms with Gasteiger partial charge in [-0.3, -0.25) is 14.6 Å². The Bertz CT molecular complexity index is 718. The SMILES string of the molecule is CCNC(=O)C(C)(C)CN=C(NCC)NCC1CC(=O)N(CCc2ccccc2)C1. The Morgan fingerprint density at radius 1 is 1.13 bits per heavy atom. The first-order chi connectivity index (χ1) is 14.4. The number of nitrogens with zero attached hydrogens (tertiary/aromatic N) is 2. The van der Waals surface area contributed by atoms with Crippen molar-refractivity contribution in [3.63, 3.8) is 0 Å². The van der Waals surface area contributed by atoms with Crippen molar-refractivity contribution in [2.75, 3.05) is 39.3 Å². The van der Waals surface area contributed by atoms with Gasteiger partial charge in [-0.05, 0) is 39.7 Å². The predicted octanol–water partition coefficient (Wildman–Crippen LogP) is 1.80. The molecule has 30 heavy (non-hydrogen) atoms. The number of hydrogen-bond acceptors (Lipinski definition) is 3. The number of hydrogen-bond donors (Lipinski definition) is 3. The van der Waals surface area contributed by atoms with Crippen LogP contribution in [0.5, 0.6) is 0 Å². The zero-order valence-corrected chi connectivity index (χ0v) is 18.8. The molecule has 1 unspecified atom stereocenters. The molecule has 1 aliphatic heterocycles. The third-order valence-electron chi connectivity index (χ3n) is 5.29. The van der Waals surface area contributed by atoms with Crippen molar-refractivity contribution < 1.29 is 9.59 Å². The maximum absolute atomic E-state index is 12.4. The molecule has 1 aromatic carbocycles. The van der Waals surface area contributed by atoms with Gasteiger partial charge in [-0.1, -0.05) is 30.3 Å². The molecule has 166 valence electrons. The van der Waals surface area contributed by atoms with E-state index in [2.05, 4.69) is 33.1 Å². The Hall–Kier alpha value is -2.57. The van der Waals surface area contributed by atoms with Gasteiger partial charge in [-0.2, -0.15) is 0 Å². The lowest BCUT2D eigenvalue weighted by Crippen LogP contribution is -2.43. The molecule has 2 amide bonds. The molecule has 1 saturated heterocycles. The van der Waals surface area contributed by atoms with Crippen LogP contribution in [0.2, 0.25) is 0 Å². The fraction of sp³-hybridized carbons (Fsp3) is 0.609. The molecule has 7 nitrogen and oxygen atoms in total. The Kier molecular flexibility index (Phi) is 9.15. The molecule has 1 fully saturated rings. The van der Waals surface area contributed by atoms with E-state index in [0.29, 0.717) is 32.0 Å². The van der Waals surface area contributed by atoms with Gasteiger partial charge in [0.15, 0.2) is 5.96 Å². The normalized spacial score (nSPS) is 17.2. The highest BCUT2D eigenvalue weighted by molar-refractivity contribution is 5.84. The van der Waals surface area contributed by atoms with Crippen LogP contribution in [-0.2, 0) is 16.0 Å². The summed E-state index contributed by atoms with van der Waals surface area (Å²) in [5.74, 6) is 1.16. The van der Waals surface area contributed by atoms with Crippen LogP contribution in [0.25, 0.3) is 0 Å². The van der Waals surface area contributed by atoms with Crippen LogP contribution in [0.3, 0.4) is 0 Å². The first-order valence-electron chi connectivity index (χ1n) is 11.0. The fourth-order valence-corrected chi connectivity index (χ4v) is 3.45. The maximum Gasteiger partial charge on any atom is 0.227 e. The van der Waals surface area contributed by atoms with E-state index in [-0.39, 0.29) is 17.7 Å². The number of guanidine groups is 1. The van der Waals surface area contributed by atoms with E-state index >= 15 is 0 Å². The van der Waals surface area contributed by atoms with Crippen molar-refractivity contribution in [3.05, 3.63) is 35.9 Å². The van der Waals surface area contributed by atoms with Gasteiger partial charge >= 0.3 is 0 Å². The fourth-order valence-electron chi connectivity index (χ4n) is 3.45. The summed E-state index contributed by atoms with van der Waals surface area (Å²) in [5.41, 5.74) is 0.679. The topological polar surface area (TPSA) is 85.8 Å². The second-order valence-corrected chi connectivity index (χ2v) is 8.46. The minimum atomic E-state index is -0.573. The zero-order chi connectivity index (χ0) is 22.0. The van der Waals surface area contributed by atoms with Crippen molar-refractivity contribution in [1.82, 2.24) is 20.9 Å². The lowest BCUT2D eigenvalue weighted by molar-refractivity contribution is -0.129. The molecule has 3 N–H and O–H groups in total. The maximum atomic E-state index is 12.4. The van der Waals surface area contributed by atoms with Gasteiger partial charge in [0.1, 0.15) is 0 Å². The van der Waals surface area contributed by atoms with E-state index in [1.165, 1.54) is 5.56 Å². The van der Waals surface area contributed by atoms with Crippen molar-refractivity contribution in [1.29, 1.82) is 0 Å². The van der Waals surface area contributed by atoms with E-state index in [1.54, 1.807) is 0 Å². The first kappa shape index (κ1) is 23.7. The summed E-state index contributed by atoms with van der Waals surface area (Å²) in [6.07, 6.45) is 1.44. The Balaban J connectivity index is 1.84. The summed E-state index contributed by atoms with van der Waals surface area (Å²) in [7, 11) is 0. The van der Waals surface area contributed by atoms with Crippen LogP contribution < -0.4 is 16.0 Å². The minimum Gasteiger partial charge on any atom is -0.357 e. The average Bonchev–Trinajstić information content (AvgIpc) is 3.09. The second-order valence-electron chi connectivity index (χ2n) is 8.46. The number of carbonyl (C=O) groups is 2. The molecule has 0 aromatic heterocycles. The van der Waals surface area contributed by atoms with Gasteiger partial charge in [-0.15, -0.1) is 0 Å². The van der Waals surface area contributed by atoms with E-state index in [4.69, 9.17) is 0 Å². The van der Waals surface area contributed by atoms with Crippen LogP contribution in [0.1, 0.15) is 39.7 Å². The van der Waals surface area contributed by atoms with E-state index < -0.39 is 5.41 Å². The average molecular weight is 416 g/mol. The van der Waals surface area contributed by atoms with Crippen LogP contribution in [0.15, 0.2) is 35.3 Å². The number of nitrogens with one attached hydrogen (secondary N) is 3. The van der Waals surface area contributed by atoms with Gasteiger partial charge in [0, 0.05) is 45.1 Å². The summed E-state index contributed by atoms with van der Waals surface area (Å²) in [6.45, 7) is 11.7. The predicted molar refractivity (Wildman–Crippen MR) is 121 cm³/mol. The third kappa shape index (κ3) is 7.35. The minimum absolute atomic E-state index is 0.0000426. The van der Waals surface area contributed by atoms with Crippen LogP contribution in [-0.4, -0.2) is 61.9 Å². The molecule has 2 rings (SSSR count). The Morgan fingerprint density at radius 3 is 2.50 bits per heavy atom. The van der Waals surface area contributed by atoms with Crippen molar-refractivity contribution in [2.45, 2.75) is 40.5 Å². The third-order valence-corrected chi connectivity index (χ3v) is 5.29. The first-order valence-corrected chi connectivity index (χ1v) is 11.0. The summed E-state index contributed by atoms with van der Waals surface area (Å²) in [6, 6.07) is 10.3. The Morgan fingerprint density at radius 2 is 1.83 bits per heavy atom. The van der Waals surface area contributed by atoms with Gasteiger partial charge < -0.3 is 20.9 Å². The highest BCUT2D eigenvalue weighted by Crippen LogP contribution is 2.18. The Labute approximate surface area is 180 Å². The van der Waals surface area contributed by atoms with Crippen molar-refractivity contribution in [3.8, 4) is 0 Å². The number of rotatable bonds is 10. The van der Waals surface area contributed by atoms with Crippen LogP contribution in [0.4, 0.5) is 0 Å². The summed E-state index contributed by atoms with van der Waals surface area (Å²) in [5, 5.41) is 9.44. The van der Waals surface area contributed by atoms with E-state index in [1.807, 2.05) is 50.8 Å². The van der Waals surface area contributed by atoms with Crippen LogP contribution in [0, 0.1) is 11.3 Å². The molecule has 1 atom stereocenters. The van der Waals surface area contributed by atoms with Crippen molar-refractivity contribution >= 4 is 17.8 Å². The van der Waals surface area contributed by atoms with E-state index in [0.717, 1.165) is 26.1 Å². The molecule has 0 radical (unpaired) electrons. The standard InChI is InChI=1S/C23H37N5O2/c1-5-24-21(30)23(3,4)17-27-22(25-6-2)26-15-19-14-20(29)28(16-19)13-12-18-10-8-7-9-11-18/h7-11,19H,5-6,12-17H2,1-4H3,(H,24,30)(H2,25,26,27). The number of likely N-dealkylation sites (tertiary alicyclic amines) is 1. The molecular weight excluding hydrogens is 378 g/mol. The zero-order valence-electron chi connectivity index (χ0n) is 18.8. The lowest BCUT2D eigenvalue weighted by atomic mass is 9.92. The molecule has 0 bridgehead atoms. The molecule has 1 aromatic rings. The van der Waals surface area contributed by atoms with Gasteiger partial charge in [0.05, 0.1) is 12.0 Å². The smallest absolute Gasteiger partial charge is 0.227 e. The molecule has 0 aliphatic carbocycles. The van der Waals surface area contributed by atoms with Crippen LogP contribution >= 0.6 is 0 Å². The molecule has 7 heteroatoms. The van der Waals surface area contributed by atoms with Gasteiger partial charge in [0.25, 0.3) is 0 Å². The molecule has 1 aliphatic rings. The number of benzene rings is 1. The van der Waals surface area contributed by atoms with Gasteiger partial charge in [-0.25, -0.2) is 0 Å². The second kappa shape index (κ2) is 11.6. The molecule has 0 spiro atoms. The number of carbonyl (C=O) groups excluding carboxylic acids is 2. The molecular formula is C23H37N5O2. The molecule has 0 saturated carbocycles. The molecule has 1 heterocycles. The summed E-state index contributed by atoms with van der Waals surface area (Å²) < 4.78 is 0. The monoisotopic (exact) mass is 415 g/mol. The summed E-state index contributed by atoms with van der Waals surface area (Å²) >= 11 is 0. The largest absolute Gasteiger partial charge is 0.357 e. The summed E-state index contributed by atoms with van der Waals surface area (Å²) in [4.78, 5) is 31.1. The lowest BCUT2D eigenvalue weighted by Gasteiger charge is -2.22. The highest BCUT2D eigenvalue weighted by Gasteiger charge is 2.30.